The van der Waals surface area contributed by atoms with E-state index in [9.17, 15) is 26.8 Å². The molecule has 1 aromatic rings. The second-order valence-electron chi connectivity index (χ2n) is 8.41. The van der Waals surface area contributed by atoms with E-state index >= 15 is 0 Å². The lowest BCUT2D eigenvalue weighted by atomic mass is 9.96. The van der Waals surface area contributed by atoms with Gasteiger partial charge >= 0.3 is 0 Å². The smallest absolute Gasteiger partial charge is 0.251 e. The maximum atomic E-state index is 14.0. The van der Waals surface area contributed by atoms with Gasteiger partial charge in [0.25, 0.3) is 5.91 Å². The summed E-state index contributed by atoms with van der Waals surface area (Å²) in [7, 11) is -4.18. The number of benzene rings is 1. The number of halogens is 2. The molecule has 1 atom stereocenters. The van der Waals surface area contributed by atoms with Crippen molar-refractivity contribution in [3.8, 4) is 0 Å². The minimum absolute atomic E-state index is 0.0160. The fourth-order valence-corrected chi connectivity index (χ4v) is 6.08. The second-order valence-corrected chi connectivity index (χ2v) is 10.3. The first-order valence-corrected chi connectivity index (χ1v) is 12.4. The van der Waals surface area contributed by atoms with E-state index in [1.807, 2.05) is 0 Å². The first kappa shape index (κ1) is 23.1. The highest BCUT2D eigenvalue weighted by atomic mass is 32.2. The van der Waals surface area contributed by atoms with Crippen LogP contribution in [0.2, 0.25) is 0 Å². The van der Waals surface area contributed by atoms with Crippen LogP contribution in [0.1, 0.15) is 25.7 Å². The zero-order valence-electron chi connectivity index (χ0n) is 17.7. The third-order valence-corrected chi connectivity index (χ3v) is 8.34. The number of amides is 2. The van der Waals surface area contributed by atoms with Crippen LogP contribution in [0.25, 0.3) is 0 Å². The molecule has 0 radical (unpaired) electrons. The highest BCUT2D eigenvalue weighted by molar-refractivity contribution is 7.89. The summed E-state index contributed by atoms with van der Waals surface area (Å²) in [5.74, 6) is -2.23. The summed E-state index contributed by atoms with van der Waals surface area (Å²) in [4.78, 5) is 28.2. The van der Waals surface area contributed by atoms with Crippen LogP contribution >= 0.6 is 0 Å². The molecule has 3 saturated heterocycles. The molecule has 0 aliphatic carbocycles. The Bertz CT molecular complexity index is 968. The zero-order valence-corrected chi connectivity index (χ0v) is 18.5. The number of carbonyl (C=O) groups is 2. The van der Waals surface area contributed by atoms with E-state index < -0.39 is 26.6 Å². The van der Waals surface area contributed by atoms with E-state index in [1.54, 1.807) is 9.80 Å². The molecule has 3 aliphatic rings. The van der Waals surface area contributed by atoms with Crippen molar-refractivity contribution in [3.63, 3.8) is 0 Å². The molecule has 0 bridgehead atoms. The molecule has 32 heavy (non-hydrogen) atoms. The lowest BCUT2D eigenvalue weighted by molar-refractivity contribution is -0.147. The molecule has 3 fully saturated rings. The van der Waals surface area contributed by atoms with Crippen molar-refractivity contribution in [1.82, 2.24) is 14.1 Å². The van der Waals surface area contributed by atoms with Crippen molar-refractivity contribution in [2.75, 3.05) is 45.9 Å². The number of ether oxygens (including phenoxy) is 1. The Balaban J connectivity index is 1.30. The van der Waals surface area contributed by atoms with Gasteiger partial charge in [-0.25, -0.2) is 17.2 Å². The Morgan fingerprint density at radius 1 is 0.906 bits per heavy atom. The molecule has 1 aromatic carbocycles. The fraction of sp³-hybridized carbons (Fsp3) is 0.619. The number of hydrogen-bond donors (Lipinski definition) is 0. The number of piperazine rings is 1. The Hall–Kier alpha value is -2.11. The molecular weight excluding hydrogens is 444 g/mol. The molecule has 2 amide bonds. The van der Waals surface area contributed by atoms with Crippen LogP contribution in [0, 0.1) is 17.6 Å². The molecule has 0 saturated carbocycles. The first-order chi connectivity index (χ1) is 15.3. The van der Waals surface area contributed by atoms with Gasteiger partial charge in [0.1, 0.15) is 22.6 Å². The summed E-state index contributed by atoms with van der Waals surface area (Å²) in [5.41, 5.74) is 0. The van der Waals surface area contributed by atoms with E-state index in [1.165, 1.54) is 0 Å². The van der Waals surface area contributed by atoms with Crippen LogP contribution in [0.15, 0.2) is 23.1 Å². The summed E-state index contributed by atoms with van der Waals surface area (Å²) >= 11 is 0. The third-order valence-electron chi connectivity index (χ3n) is 6.42. The SMILES string of the molecule is O=C(C1CCN(S(=O)(=O)c2cc(F)ccc2F)CC1)N1CCN(C(=O)C2CCCO2)CC1. The maximum absolute atomic E-state index is 14.0. The van der Waals surface area contributed by atoms with Gasteiger partial charge in [0.2, 0.25) is 15.9 Å². The van der Waals surface area contributed by atoms with Crippen molar-refractivity contribution in [1.29, 1.82) is 0 Å². The number of nitrogens with zero attached hydrogens (tertiary/aromatic N) is 3. The quantitative estimate of drug-likeness (QED) is 0.659. The Kier molecular flexibility index (Phi) is 6.78. The van der Waals surface area contributed by atoms with Crippen molar-refractivity contribution in [2.45, 2.75) is 36.7 Å². The van der Waals surface area contributed by atoms with Gasteiger partial charge in [0.15, 0.2) is 0 Å². The molecular formula is C21H27F2N3O5S. The van der Waals surface area contributed by atoms with E-state index in [-0.39, 0.29) is 36.9 Å². The Morgan fingerprint density at radius 2 is 1.53 bits per heavy atom. The number of sulfonamides is 1. The monoisotopic (exact) mass is 471 g/mol. The topological polar surface area (TPSA) is 87.2 Å². The average molecular weight is 472 g/mol. The van der Waals surface area contributed by atoms with Crippen LogP contribution in [-0.4, -0.2) is 86.3 Å². The molecule has 0 N–H and O–H groups in total. The minimum atomic E-state index is -4.18. The maximum Gasteiger partial charge on any atom is 0.251 e. The van der Waals surface area contributed by atoms with Crippen LogP contribution < -0.4 is 0 Å². The molecule has 1 unspecified atom stereocenters. The van der Waals surface area contributed by atoms with E-state index in [2.05, 4.69) is 0 Å². The van der Waals surface area contributed by atoms with Crippen molar-refractivity contribution in [2.24, 2.45) is 5.92 Å². The van der Waals surface area contributed by atoms with Crippen LogP contribution in [-0.2, 0) is 24.3 Å². The number of rotatable bonds is 4. The van der Waals surface area contributed by atoms with Crippen LogP contribution in [0.4, 0.5) is 8.78 Å². The predicted molar refractivity (Wildman–Crippen MR) is 110 cm³/mol. The first-order valence-electron chi connectivity index (χ1n) is 10.9. The fourth-order valence-electron chi connectivity index (χ4n) is 4.54. The Morgan fingerprint density at radius 3 is 2.12 bits per heavy atom. The largest absolute Gasteiger partial charge is 0.368 e. The van der Waals surface area contributed by atoms with Gasteiger partial charge in [-0.2, -0.15) is 4.31 Å². The summed E-state index contributed by atoms with van der Waals surface area (Å²) < 4.78 is 59.4. The summed E-state index contributed by atoms with van der Waals surface area (Å²) in [6.07, 6.45) is 1.87. The molecule has 0 spiro atoms. The van der Waals surface area contributed by atoms with Crippen molar-refractivity contribution >= 4 is 21.8 Å². The lowest BCUT2D eigenvalue weighted by Gasteiger charge is -2.38. The van der Waals surface area contributed by atoms with Gasteiger partial charge in [0, 0.05) is 51.8 Å². The van der Waals surface area contributed by atoms with Gasteiger partial charge in [-0.05, 0) is 43.9 Å². The van der Waals surface area contributed by atoms with Crippen molar-refractivity contribution < 1.29 is 31.5 Å². The predicted octanol–water partition coefficient (Wildman–Crippen LogP) is 1.22. The molecule has 3 aliphatic heterocycles. The number of carbonyl (C=O) groups excluding carboxylic acids is 2. The molecule has 4 rings (SSSR count). The Labute approximate surface area is 186 Å². The summed E-state index contributed by atoms with van der Waals surface area (Å²) in [5, 5.41) is 0. The summed E-state index contributed by atoms with van der Waals surface area (Å²) in [6.45, 7) is 2.51. The lowest BCUT2D eigenvalue weighted by Crippen LogP contribution is -2.54. The van der Waals surface area contributed by atoms with Gasteiger partial charge in [-0.3, -0.25) is 9.59 Å². The van der Waals surface area contributed by atoms with Gasteiger partial charge < -0.3 is 14.5 Å². The molecule has 176 valence electrons. The van der Waals surface area contributed by atoms with Crippen LogP contribution in [0.3, 0.4) is 0 Å². The van der Waals surface area contributed by atoms with Crippen LogP contribution in [0.5, 0.6) is 0 Å². The number of piperidine rings is 1. The molecule has 3 heterocycles. The normalized spacial score (nSPS) is 23.5. The van der Waals surface area contributed by atoms with Gasteiger partial charge in [0.05, 0.1) is 0 Å². The van der Waals surface area contributed by atoms with E-state index in [0.717, 1.165) is 29.3 Å². The summed E-state index contributed by atoms with van der Waals surface area (Å²) in [6, 6.07) is 2.34. The van der Waals surface area contributed by atoms with Gasteiger partial charge in [-0.15, -0.1) is 0 Å². The van der Waals surface area contributed by atoms with Gasteiger partial charge in [-0.1, -0.05) is 0 Å². The average Bonchev–Trinajstić information content (AvgIpc) is 3.35. The van der Waals surface area contributed by atoms with E-state index in [0.29, 0.717) is 51.7 Å². The highest BCUT2D eigenvalue weighted by Gasteiger charge is 2.37. The third kappa shape index (κ3) is 4.65. The molecule has 8 nitrogen and oxygen atoms in total. The highest BCUT2D eigenvalue weighted by Crippen LogP contribution is 2.27. The second kappa shape index (κ2) is 9.40. The molecule has 11 heteroatoms. The minimum Gasteiger partial charge on any atom is -0.368 e. The van der Waals surface area contributed by atoms with Crippen molar-refractivity contribution in [3.05, 3.63) is 29.8 Å². The van der Waals surface area contributed by atoms with E-state index in [4.69, 9.17) is 4.74 Å². The standard InChI is InChI=1S/C21H27F2N3O5S/c22-16-3-4-17(23)19(14-16)32(29,30)26-7-5-15(6-8-26)20(27)24-9-11-25(12-10-24)21(28)18-2-1-13-31-18/h3-4,14-15,18H,1-2,5-13H2. The molecule has 0 aromatic heterocycles. The number of hydrogen-bond acceptors (Lipinski definition) is 5. The zero-order chi connectivity index (χ0) is 22.9.